The molecule has 1 heterocycles. The monoisotopic (exact) mass is 222 g/mol. The van der Waals surface area contributed by atoms with Crippen molar-refractivity contribution < 1.29 is 18.0 Å². The van der Waals surface area contributed by atoms with Gasteiger partial charge in [0.05, 0.1) is 16.9 Å². The summed E-state index contributed by atoms with van der Waals surface area (Å²) in [5, 5.41) is -0.603. The highest BCUT2D eigenvalue weighted by molar-refractivity contribution is 6.31. The summed E-state index contributed by atoms with van der Waals surface area (Å²) < 4.78 is 36.3. The van der Waals surface area contributed by atoms with E-state index in [1.54, 1.807) is 0 Å². The van der Waals surface area contributed by atoms with Crippen LogP contribution >= 0.6 is 11.6 Å². The normalized spacial score (nSPS) is 10.9. The lowest BCUT2D eigenvalue weighted by Gasteiger charge is -2.06. The molecule has 3 nitrogen and oxygen atoms in total. The Morgan fingerprint density at radius 1 is 1.50 bits per heavy atom. The number of aromatic nitrogens is 1. The van der Waals surface area contributed by atoms with E-state index in [-0.39, 0.29) is 5.69 Å². The number of pyridine rings is 1. The predicted octanol–water partition coefficient (Wildman–Crippen LogP) is 2.72. The van der Waals surface area contributed by atoms with E-state index in [0.717, 1.165) is 18.3 Å². The Kier molecular flexibility index (Phi) is 2.88. The standard InChI is InChI=1S/C7H2ClF3N2O/c8-5-1-4(13-3-14)2-12-6(5)7(9,10)11/h1-2H. The number of hydrogen-bond acceptors (Lipinski definition) is 3. The fraction of sp³-hybridized carbons (Fsp3) is 0.143. The molecular formula is C7H2ClF3N2O. The molecule has 0 radical (unpaired) electrons. The first-order chi connectivity index (χ1) is 6.45. The van der Waals surface area contributed by atoms with Gasteiger partial charge in [0.2, 0.25) is 6.08 Å². The van der Waals surface area contributed by atoms with E-state index in [2.05, 4.69) is 9.98 Å². The van der Waals surface area contributed by atoms with Gasteiger partial charge in [-0.3, -0.25) is 0 Å². The molecule has 0 unspecified atom stereocenters. The molecule has 74 valence electrons. The molecule has 0 atom stereocenters. The molecular weight excluding hydrogens is 221 g/mol. The molecule has 1 aromatic heterocycles. The lowest BCUT2D eigenvalue weighted by atomic mass is 10.3. The zero-order chi connectivity index (χ0) is 10.8. The number of aliphatic imine (C=N–C) groups is 1. The molecule has 0 aliphatic heterocycles. The van der Waals surface area contributed by atoms with Crippen LogP contribution in [0.3, 0.4) is 0 Å². The fourth-order valence-corrected chi connectivity index (χ4v) is 1.02. The number of isocyanates is 1. The van der Waals surface area contributed by atoms with Gasteiger partial charge in [-0.05, 0) is 6.07 Å². The van der Waals surface area contributed by atoms with Gasteiger partial charge in [0.15, 0.2) is 5.69 Å². The molecule has 7 heteroatoms. The highest BCUT2D eigenvalue weighted by Gasteiger charge is 2.35. The fourth-order valence-electron chi connectivity index (χ4n) is 0.750. The van der Waals surface area contributed by atoms with Gasteiger partial charge in [-0.25, -0.2) is 9.78 Å². The molecule has 0 amide bonds. The topological polar surface area (TPSA) is 42.3 Å². The summed E-state index contributed by atoms with van der Waals surface area (Å²) in [6.07, 6.45) is -2.65. The molecule has 0 spiro atoms. The third kappa shape index (κ3) is 2.31. The van der Waals surface area contributed by atoms with Crippen LogP contribution in [-0.4, -0.2) is 11.1 Å². The molecule has 0 N–H and O–H groups in total. The maximum atomic E-state index is 12.1. The van der Waals surface area contributed by atoms with Crippen LogP contribution in [0.5, 0.6) is 0 Å². The predicted molar refractivity (Wildman–Crippen MR) is 42.0 cm³/mol. The van der Waals surface area contributed by atoms with E-state index in [9.17, 15) is 18.0 Å². The van der Waals surface area contributed by atoms with Crippen molar-refractivity contribution in [2.75, 3.05) is 0 Å². The molecule has 1 rings (SSSR count). The zero-order valence-corrected chi connectivity index (χ0v) is 7.23. The van der Waals surface area contributed by atoms with Crippen LogP contribution in [0.25, 0.3) is 0 Å². The van der Waals surface area contributed by atoms with Crippen molar-refractivity contribution in [1.29, 1.82) is 0 Å². The SMILES string of the molecule is O=C=Nc1cnc(C(F)(F)F)c(Cl)c1. The Morgan fingerprint density at radius 3 is 2.57 bits per heavy atom. The Morgan fingerprint density at radius 2 is 2.14 bits per heavy atom. The molecule has 0 aliphatic carbocycles. The highest BCUT2D eigenvalue weighted by Crippen LogP contribution is 2.34. The van der Waals surface area contributed by atoms with Gasteiger partial charge in [-0.2, -0.15) is 18.2 Å². The highest BCUT2D eigenvalue weighted by atomic mass is 35.5. The number of carbonyl (C=O) groups excluding carboxylic acids is 1. The minimum absolute atomic E-state index is 0.0713. The molecule has 0 aromatic carbocycles. The van der Waals surface area contributed by atoms with E-state index in [1.807, 2.05) is 0 Å². The number of nitrogens with zero attached hydrogens (tertiary/aromatic N) is 2. The summed E-state index contributed by atoms with van der Waals surface area (Å²) >= 11 is 5.28. The minimum atomic E-state index is -4.61. The first kappa shape index (κ1) is 10.7. The first-order valence-electron chi connectivity index (χ1n) is 3.26. The largest absolute Gasteiger partial charge is 0.434 e. The Labute approximate surface area is 81.2 Å². The van der Waals surface area contributed by atoms with Gasteiger partial charge in [0.25, 0.3) is 0 Å². The van der Waals surface area contributed by atoms with Crippen LogP contribution in [0.1, 0.15) is 5.69 Å². The molecule has 1 aromatic rings. The summed E-state index contributed by atoms with van der Waals surface area (Å²) in [6.45, 7) is 0. The average molecular weight is 223 g/mol. The van der Waals surface area contributed by atoms with Gasteiger partial charge in [-0.1, -0.05) is 11.6 Å². The summed E-state index contributed by atoms with van der Waals surface area (Å²) in [5.41, 5.74) is -1.28. The number of halogens is 4. The van der Waals surface area contributed by atoms with Crippen molar-refractivity contribution in [3.8, 4) is 0 Å². The second-order valence-electron chi connectivity index (χ2n) is 2.22. The lowest BCUT2D eigenvalue weighted by molar-refractivity contribution is -0.141. The van der Waals surface area contributed by atoms with E-state index in [1.165, 1.54) is 0 Å². The Bertz CT molecular complexity index is 398. The summed E-state index contributed by atoms with van der Waals surface area (Å²) in [5.74, 6) is 0. The summed E-state index contributed by atoms with van der Waals surface area (Å²) in [4.78, 5) is 15.9. The van der Waals surface area contributed by atoms with Gasteiger partial charge in [-0.15, -0.1) is 0 Å². The van der Waals surface area contributed by atoms with Crippen molar-refractivity contribution in [1.82, 2.24) is 4.98 Å². The van der Waals surface area contributed by atoms with Crippen molar-refractivity contribution in [2.24, 2.45) is 4.99 Å². The van der Waals surface area contributed by atoms with Crippen molar-refractivity contribution in [3.05, 3.63) is 23.0 Å². The van der Waals surface area contributed by atoms with Gasteiger partial charge < -0.3 is 0 Å². The van der Waals surface area contributed by atoms with Crippen molar-refractivity contribution in [3.63, 3.8) is 0 Å². The third-order valence-corrected chi connectivity index (χ3v) is 1.56. The molecule has 0 saturated heterocycles. The van der Waals surface area contributed by atoms with Crippen LogP contribution in [0.15, 0.2) is 17.3 Å². The third-order valence-electron chi connectivity index (χ3n) is 1.27. The average Bonchev–Trinajstić information content (AvgIpc) is 2.02. The molecule has 0 aliphatic rings. The number of hydrogen-bond donors (Lipinski definition) is 0. The van der Waals surface area contributed by atoms with Crippen molar-refractivity contribution in [2.45, 2.75) is 6.18 Å². The van der Waals surface area contributed by atoms with Crippen LogP contribution in [-0.2, 0) is 11.0 Å². The first-order valence-corrected chi connectivity index (χ1v) is 3.63. The lowest BCUT2D eigenvalue weighted by Crippen LogP contribution is -2.08. The zero-order valence-electron chi connectivity index (χ0n) is 6.47. The smallest absolute Gasteiger partial charge is 0.248 e. The maximum absolute atomic E-state index is 12.1. The summed E-state index contributed by atoms with van der Waals surface area (Å²) in [6, 6.07) is 0.891. The van der Waals surface area contributed by atoms with E-state index < -0.39 is 16.9 Å². The molecule has 0 saturated carbocycles. The maximum Gasteiger partial charge on any atom is 0.434 e. The Balaban J connectivity index is 3.20. The molecule has 0 fully saturated rings. The molecule has 0 bridgehead atoms. The summed E-state index contributed by atoms with van der Waals surface area (Å²) in [7, 11) is 0. The second kappa shape index (κ2) is 3.77. The quantitative estimate of drug-likeness (QED) is 0.542. The van der Waals surface area contributed by atoms with Crippen LogP contribution in [0.4, 0.5) is 18.9 Å². The van der Waals surface area contributed by atoms with Crippen LogP contribution in [0, 0.1) is 0 Å². The number of alkyl halides is 3. The molecule has 14 heavy (non-hydrogen) atoms. The minimum Gasteiger partial charge on any atom is -0.248 e. The van der Waals surface area contributed by atoms with E-state index in [4.69, 9.17) is 11.6 Å². The van der Waals surface area contributed by atoms with Gasteiger partial charge in [0.1, 0.15) is 0 Å². The van der Waals surface area contributed by atoms with Crippen molar-refractivity contribution >= 4 is 23.4 Å². The van der Waals surface area contributed by atoms with Crippen LogP contribution < -0.4 is 0 Å². The van der Waals surface area contributed by atoms with Gasteiger partial charge in [0, 0.05) is 0 Å². The van der Waals surface area contributed by atoms with Crippen LogP contribution in [0.2, 0.25) is 5.02 Å². The van der Waals surface area contributed by atoms with E-state index in [0.29, 0.717) is 0 Å². The van der Waals surface area contributed by atoms with E-state index >= 15 is 0 Å². The number of rotatable bonds is 1. The second-order valence-corrected chi connectivity index (χ2v) is 2.63. The Hall–Kier alpha value is -1.39. The van der Waals surface area contributed by atoms with Gasteiger partial charge >= 0.3 is 6.18 Å².